The highest BCUT2D eigenvalue weighted by atomic mass is 35.5. The van der Waals surface area contributed by atoms with Gasteiger partial charge in [0.1, 0.15) is 11.6 Å². The van der Waals surface area contributed by atoms with E-state index in [1.807, 2.05) is 0 Å². The Labute approximate surface area is 110 Å². The van der Waals surface area contributed by atoms with E-state index in [2.05, 4.69) is 5.32 Å². The van der Waals surface area contributed by atoms with Crippen molar-refractivity contribution in [1.82, 2.24) is 5.32 Å². The van der Waals surface area contributed by atoms with Gasteiger partial charge in [0.2, 0.25) is 0 Å². The summed E-state index contributed by atoms with van der Waals surface area (Å²) >= 11 is 5.55. The summed E-state index contributed by atoms with van der Waals surface area (Å²) in [5.74, 6) is -1.20. The van der Waals surface area contributed by atoms with Crippen molar-refractivity contribution in [2.75, 3.05) is 13.1 Å². The van der Waals surface area contributed by atoms with E-state index in [4.69, 9.17) is 11.6 Å². The molecule has 17 heavy (non-hydrogen) atoms. The van der Waals surface area contributed by atoms with Crippen LogP contribution < -0.4 is 5.32 Å². The molecule has 1 N–H and O–H groups in total. The van der Waals surface area contributed by atoms with Crippen LogP contribution in [0, 0.1) is 11.6 Å². The van der Waals surface area contributed by atoms with Crippen LogP contribution in [0.15, 0.2) is 17.7 Å². The molecule has 0 bridgehead atoms. The number of piperidine rings is 1. The van der Waals surface area contributed by atoms with Crippen molar-refractivity contribution in [2.24, 2.45) is 0 Å². The molecule has 0 atom stereocenters. The van der Waals surface area contributed by atoms with Crippen molar-refractivity contribution >= 4 is 30.1 Å². The van der Waals surface area contributed by atoms with Gasteiger partial charge >= 0.3 is 0 Å². The van der Waals surface area contributed by atoms with Gasteiger partial charge in [0.05, 0.1) is 0 Å². The topological polar surface area (TPSA) is 12.0 Å². The molecule has 1 fully saturated rings. The summed E-state index contributed by atoms with van der Waals surface area (Å²) in [5, 5.41) is 3.28. The Bertz CT molecular complexity index is 402. The smallest absolute Gasteiger partial charge is 0.134 e. The van der Waals surface area contributed by atoms with E-state index in [0.717, 1.165) is 43.6 Å². The van der Waals surface area contributed by atoms with E-state index >= 15 is 0 Å². The number of hydrogen-bond donors (Lipinski definition) is 1. The number of halogens is 4. The van der Waals surface area contributed by atoms with Crippen LogP contribution in [0.2, 0.25) is 5.02 Å². The molecular formula is C12H13Cl2F2N. The summed E-state index contributed by atoms with van der Waals surface area (Å²) in [6.07, 6.45) is 3.27. The molecule has 0 unspecified atom stereocenters. The van der Waals surface area contributed by atoms with E-state index in [1.54, 1.807) is 6.08 Å². The molecule has 0 spiro atoms. The summed E-state index contributed by atoms with van der Waals surface area (Å²) in [7, 11) is 0. The Morgan fingerprint density at radius 3 is 2.18 bits per heavy atom. The van der Waals surface area contributed by atoms with Gasteiger partial charge in [0.25, 0.3) is 0 Å². The summed E-state index contributed by atoms with van der Waals surface area (Å²) in [6.45, 7) is 1.73. The fourth-order valence-electron chi connectivity index (χ4n) is 1.79. The van der Waals surface area contributed by atoms with Gasteiger partial charge in [-0.3, -0.25) is 0 Å². The van der Waals surface area contributed by atoms with Crippen molar-refractivity contribution in [2.45, 2.75) is 12.8 Å². The molecule has 0 saturated carbocycles. The Hall–Kier alpha value is -0.640. The third-order valence-electron chi connectivity index (χ3n) is 2.64. The highest BCUT2D eigenvalue weighted by molar-refractivity contribution is 6.30. The van der Waals surface area contributed by atoms with Gasteiger partial charge in [-0.15, -0.1) is 12.4 Å². The van der Waals surface area contributed by atoms with Crippen LogP contribution in [0.1, 0.15) is 18.4 Å². The predicted octanol–water partition coefficient (Wildman–Crippen LogP) is 3.81. The molecule has 0 amide bonds. The standard InChI is InChI=1S/C12H12ClF2N.ClH/c13-9-6-11(14)10(12(15)7-9)5-8-1-3-16-4-2-8;/h5-7,16H,1-4H2;1H. The molecule has 1 aliphatic rings. The minimum atomic E-state index is -0.601. The summed E-state index contributed by atoms with van der Waals surface area (Å²) in [6, 6.07) is 2.27. The Balaban J connectivity index is 0.00000144. The van der Waals surface area contributed by atoms with Gasteiger partial charge < -0.3 is 5.32 Å². The van der Waals surface area contributed by atoms with E-state index in [-0.39, 0.29) is 23.0 Å². The zero-order valence-corrected chi connectivity index (χ0v) is 10.7. The number of benzene rings is 1. The summed E-state index contributed by atoms with van der Waals surface area (Å²) < 4.78 is 27.0. The Morgan fingerprint density at radius 1 is 1.12 bits per heavy atom. The van der Waals surface area contributed by atoms with Crippen LogP contribution in [0.3, 0.4) is 0 Å². The average molecular weight is 280 g/mol. The van der Waals surface area contributed by atoms with Crippen LogP contribution >= 0.6 is 24.0 Å². The molecule has 1 aliphatic heterocycles. The first-order valence-electron chi connectivity index (χ1n) is 5.21. The SMILES string of the molecule is Cl.Fc1cc(Cl)cc(F)c1C=C1CCNCC1. The van der Waals surface area contributed by atoms with Crippen LogP contribution in [0.25, 0.3) is 6.08 Å². The van der Waals surface area contributed by atoms with Gasteiger partial charge in [-0.2, -0.15) is 0 Å². The van der Waals surface area contributed by atoms with Crippen LogP contribution in [-0.2, 0) is 0 Å². The molecule has 2 rings (SSSR count). The van der Waals surface area contributed by atoms with Crippen molar-refractivity contribution in [3.63, 3.8) is 0 Å². The van der Waals surface area contributed by atoms with E-state index in [1.165, 1.54) is 0 Å². The van der Waals surface area contributed by atoms with Crippen molar-refractivity contribution in [3.8, 4) is 0 Å². The first kappa shape index (κ1) is 14.4. The fourth-order valence-corrected chi connectivity index (χ4v) is 1.98. The second-order valence-corrected chi connectivity index (χ2v) is 4.27. The second kappa shape index (κ2) is 6.34. The highest BCUT2D eigenvalue weighted by Gasteiger charge is 2.11. The molecule has 0 radical (unpaired) electrons. The fraction of sp³-hybridized carbons (Fsp3) is 0.333. The molecule has 0 aliphatic carbocycles. The number of nitrogens with one attached hydrogen (secondary N) is 1. The minimum absolute atomic E-state index is 0. The summed E-state index contributed by atoms with van der Waals surface area (Å²) in [5.41, 5.74) is 1.08. The molecule has 5 heteroatoms. The molecule has 0 aromatic heterocycles. The molecular weight excluding hydrogens is 267 g/mol. The van der Waals surface area contributed by atoms with Gasteiger partial charge in [-0.25, -0.2) is 8.78 Å². The second-order valence-electron chi connectivity index (χ2n) is 3.84. The first-order valence-corrected chi connectivity index (χ1v) is 5.59. The van der Waals surface area contributed by atoms with Gasteiger partial charge in [0, 0.05) is 10.6 Å². The van der Waals surface area contributed by atoms with E-state index in [9.17, 15) is 8.78 Å². The van der Waals surface area contributed by atoms with E-state index in [0.29, 0.717) is 0 Å². The van der Waals surface area contributed by atoms with Gasteiger partial charge in [-0.1, -0.05) is 17.2 Å². The first-order chi connectivity index (χ1) is 7.66. The Morgan fingerprint density at radius 2 is 1.65 bits per heavy atom. The van der Waals surface area contributed by atoms with Crippen LogP contribution in [-0.4, -0.2) is 13.1 Å². The maximum Gasteiger partial charge on any atom is 0.134 e. The molecule has 94 valence electrons. The predicted molar refractivity (Wildman–Crippen MR) is 68.7 cm³/mol. The van der Waals surface area contributed by atoms with Crippen molar-refractivity contribution < 1.29 is 8.78 Å². The molecule has 1 aromatic carbocycles. The third kappa shape index (κ3) is 3.66. The minimum Gasteiger partial charge on any atom is -0.316 e. The number of hydrogen-bond acceptors (Lipinski definition) is 1. The zero-order valence-electron chi connectivity index (χ0n) is 9.10. The lowest BCUT2D eigenvalue weighted by molar-refractivity contribution is 0.576. The molecule has 1 saturated heterocycles. The molecule has 1 aromatic rings. The lowest BCUT2D eigenvalue weighted by Crippen LogP contribution is -2.23. The Kier molecular flexibility index (Phi) is 5.37. The van der Waals surface area contributed by atoms with Crippen LogP contribution in [0.5, 0.6) is 0 Å². The lowest BCUT2D eigenvalue weighted by atomic mass is 10.0. The normalized spacial score (nSPS) is 15.4. The molecule has 1 heterocycles. The lowest BCUT2D eigenvalue weighted by Gasteiger charge is -2.15. The largest absolute Gasteiger partial charge is 0.316 e. The van der Waals surface area contributed by atoms with Gasteiger partial charge in [0.15, 0.2) is 0 Å². The van der Waals surface area contributed by atoms with Crippen molar-refractivity contribution in [1.29, 1.82) is 0 Å². The maximum absolute atomic E-state index is 13.5. The van der Waals surface area contributed by atoms with Crippen molar-refractivity contribution in [3.05, 3.63) is 39.9 Å². The summed E-state index contributed by atoms with van der Waals surface area (Å²) in [4.78, 5) is 0. The monoisotopic (exact) mass is 279 g/mol. The quantitative estimate of drug-likeness (QED) is 0.825. The van der Waals surface area contributed by atoms with E-state index < -0.39 is 11.6 Å². The highest BCUT2D eigenvalue weighted by Crippen LogP contribution is 2.23. The third-order valence-corrected chi connectivity index (χ3v) is 2.86. The number of rotatable bonds is 1. The van der Waals surface area contributed by atoms with Crippen LogP contribution in [0.4, 0.5) is 8.78 Å². The van der Waals surface area contributed by atoms with Gasteiger partial charge in [-0.05, 0) is 44.1 Å². The average Bonchev–Trinajstić information content (AvgIpc) is 2.25. The molecule has 1 nitrogen and oxygen atoms in total. The maximum atomic E-state index is 13.5. The zero-order chi connectivity index (χ0) is 11.5.